The van der Waals surface area contributed by atoms with E-state index in [2.05, 4.69) is 15.6 Å². The predicted molar refractivity (Wildman–Crippen MR) is 231 cm³/mol. The SMILES string of the molecule is CC(C)N(CCN(C(=O)N1C(=O)[C@H](CCCN=C(NC(=O)OCC2CCCCC2)NC(=O)OCC2CCCCC2)C1C(=O)OCC1CCCCC1)C(C)C)C(=O)OC(C)(C)C. The van der Waals surface area contributed by atoms with Crippen LogP contribution in [0.15, 0.2) is 4.99 Å². The van der Waals surface area contributed by atoms with Crippen LogP contribution in [0.5, 0.6) is 0 Å². The Kier molecular flexibility index (Phi) is 19.9. The van der Waals surface area contributed by atoms with Crippen LogP contribution in [-0.4, -0.2) is 120 Å². The highest BCUT2D eigenvalue weighted by molar-refractivity contribution is 6.08. The lowest BCUT2D eigenvalue weighted by atomic mass is 9.83. The van der Waals surface area contributed by atoms with E-state index in [-0.39, 0.29) is 69.8 Å². The summed E-state index contributed by atoms with van der Waals surface area (Å²) in [6, 6.07) is -2.34. The first kappa shape index (κ1) is 49.5. The second-order valence-electron chi connectivity index (χ2n) is 19.1. The summed E-state index contributed by atoms with van der Waals surface area (Å²) in [6.45, 7) is 13.8. The lowest BCUT2D eigenvalue weighted by Crippen LogP contribution is -2.69. The third-order valence-corrected chi connectivity index (χ3v) is 12.3. The minimum Gasteiger partial charge on any atom is -0.464 e. The molecule has 4 rings (SSSR count). The van der Waals surface area contributed by atoms with Gasteiger partial charge in [-0.3, -0.25) is 20.4 Å². The normalized spacial score (nSPS) is 20.3. The van der Waals surface area contributed by atoms with E-state index in [1.54, 1.807) is 20.8 Å². The van der Waals surface area contributed by atoms with E-state index in [0.29, 0.717) is 18.3 Å². The molecule has 1 heterocycles. The molecule has 346 valence electrons. The van der Waals surface area contributed by atoms with Crippen LogP contribution in [0.3, 0.4) is 0 Å². The molecule has 1 aliphatic heterocycles. The Morgan fingerprint density at radius 2 is 1.13 bits per heavy atom. The number of hydrogen-bond donors (Lipinski definition) is 2. The second kappa shape index (κ2) is 24.5. The molecule has 6 amide bonds. The van der Waals surface area contributed by atoms with Crippen molar-refractivity contribution in [1.82, 2.24) is 25.3 Å². The second-order valence-corrected chi connectivity index (χ2v) is 19.1. The Hall–Kier alpha value is -4.11. The van der Waals surface area contributed by atoms with Gasteiger partial charge >= 0.3 is 30.3 Å². The van der Waals surface area contributed by atoms with E-state index in [1.165, 1.54) is 22.6 Å². The van der Waals surface area contributed by atoms with E-state index < -0.39 is 53.7 Å². The van der Waals surface area contributed by atoms with Crippen molar-refractivity contribution in [2.45, 2.75) is 181 Å². The predicted octanol–water partition coefficient (Wildman–Crippen LogP) is 8.16. The molecule has 0 aromatic heterocycles. The number of alkyl carbamates (subject to hydrolysis) is 2. The zero-order valence-corrected chi connectivity index (χ0v) is 38.2. The molecular formula is C45H76N6O10. The van der Waals surface area contributed by atoms with Gasteiger partial charge in [-0.25, -0.2) is 28.9 Å². The molecule has 0 aromatic rings. The van der Waals surface area contributed by atoms with Crippen LogP contribution >= 0.6 is 0 Å². The number of imide groups is 1. The van der Waals surface area contributed by atoms with E-state index in [0.717, 1.165) is 88.4 Å². The maximum Gasteiger partial charge on any atom is 0.413 e. The third kappa shape index (κ3) is 16.3. The number of esters is 1. The fraction of sp³-hybridized carbons (Fsp3) is 0.844. The van der Waals surface area contributed by atoms with Crippen molar-refractivity contribution in [2.75, 3.05) is 39.5 Å². The molecule has 1 saturated heterocycles. The Morgan fingerprint density at radius 1 is 0.689 bits per heavy atom. The fourth-order valence-corrected chi connectivity index (χ4v) is 8.73. The van der Waals surface area contributed by atoms with E-state index in [9.17, 15) is 28.8 Å². The van der Waals surface area contributed by atoms with Gasteiger partial charge in [-0.1, -0.05) is 57.8 Å². The third-order valence-electron chi connectivity index (χ3n) is 12.3. The summed E-state index contributed by atoms with van der Waals surface area (Å²) in [7, 11) is 0. The molecule has 3 aliphatic carbocycles. The lowest BCUT2D eigenvalue weighted by molar-refractivity contribution is -0.171. The van der Waals surface area contributed by atoms with E-state index >= 15 is 0 Å². The summed E-state index contributed by atoms with van der Waals surface area (Å²) in [5, 5.41) is 5.12. The van der Waals surface area contributed by atoms with Crippen molar-refractivity contribution in [1.29, 1.82) is 0 Å². The van der Waals surface area contributed by atoms with Crippen LogP contribution in [0, 0.1) is 23.7 Å². The van der Waals surface area contributed by atoms with Gasteiger partial charge in [0, 0.05) is 31.7 Å². The van der Waals surface area contributed by atoms with Crippen molar-refractivity contribution in [3.8, 4) is 0 Å². The standard InChI is InChI=1S/C45H76N6O10/c1-31(2)49(26-27-50(32(3)4)44(57)61-45(5,6)7)43(56)51-37(39(53)58-28-33-18-11-8-12-19-33)36(38(51)52)24-17-25-46-40(47-41(54)59-29-34-20-13-9-14-21-34)48-42(55)60-30-35-22-15-10-16-23-35/h31-37H,8-30H2,1-7H3,(H2,46,47,48,54,55)/t36-,37?/m1/s1. The molecule has 0 bridgehead atoms. The number of β-lactam (4-membered cyclic amide) rings is 1. The van der Waals surface area contributed by atoms with Crippen molar-refractivity contribution >= 4 is 42.1 Å². The van der Waals surface area contributed by atoms with Gasteiger partial charge in [-0.15, -0.1) is 0 Å². The molecule has 0 spiro atoms. The molecule has 2 atom stereocenters. The number of hydrogen-bond acceptors (Lipinski definition) is 11. The van der Waals surface area contributed by atoms with Gasteiger partial charge in [0.15, 0.2) is 6.04 Å². The number of ether oxygens (including phenoxy) is 4. The number of rotatable bonds is 16. The highest BCUT2D eigenvalue weighted by Crippen LogP contribution is 2.34. The number of carbonyl (C=O) groups excluding carboxylic acids is 6. The summed E-state index contributed by atoms with van der Waals surface area (Å²) in [5.74, 6) is -1.28. The Bertz CT molecular complexity index is 1440. The van der Waals surface area contributed by atoms with Gasteiger partial charge in [-0.2, -0.15) is 0 Å². The van der Waals surface area contributed by atoms with Crippen LogP contribution in [0.2, 0.25) is 0 Å². The molecule has 4 fully saturated rings. The van der Waals surface area contributed by atoms with Crippen LogP contribution in [0.25, 0.3) is 0 Å². The first-order valence-corrected chi connectivity index (χ1v) is 23.3. The summed E-state index contributed by atoms with van der Waals surface area (Å²) in [4.78, 5) is 89.2. The Balaban J connectivity index is 1.43. The monoisotopic (exact) mass is 861 g/mol. The number of likely N-dealkylation sites (tertiary alicyclic amines) is 1. The van der Waals surface area contributed by atoms with Crippen molar-refractivity contribution in [3.63, 3.8) is 0 Å². The summed E-state index contributed by atoms with van der Waals surface area (Å²) >= 11 is 0. The van der Waals surface area contributed by atoms with Gasteiger partial charge in [-0.05, 0) is 118 Å². The molecule has 3 saturated carbocycles. The molecular weight excluding hydrogens is 785 g/mol. The van der Waals surface area contributed by atoms with Crippen molar-refractivity contribution < 1.29 is 47.7 Å². The first-order chi connectivity index (χ1) is 29.0. The number of nitrogens with one attached hydrogen (secondary N) is 2. The molecule has 4 aliphatic rings. The van der Waals surface area contributed by atoms with Crippen molar-refractivity contribution in [3.05, 3.63) is 0 Å². The smallest absolute Gasteiger partial charge is 0.413 e. The zero-order valence-electron chi connectivity index (χ0n) is 38.2. The van der Waals surface area contributed by atoms with E-state index in [4.69, 9.17) is 18.9 Å². The Morgan fingerprint density at radius 3 is 1.57 bits per heavy atom. The number of nitrogens with zero attached hydrogens (tertiary/aromatic N) is 4. The average Bonchev–Trinajstić information content (AvgIpc) is 3.21. The molecule has 1 unspecified atom stereocenters. The minimum absolute atomic E-state index is 0.0799. The van der Waals surface area contributed by atoms with Crippen LogP contribution < -0.4 is 10.6 Å². The molecule has 16 heteroatoms. The molecule has 2 N–H and O–H groups in total. The molecule has 0 aromatic carbocycles. The Labute approximate surface area is 363 Å². The maximum atomic E-state index is 14.2. The number of carbonyl (C=O) groups is 6. The first-order valence-electron chi connectivity index (χ1n) is 23.3. The van der Waals surface area contributed by atoms with Gasteiger partial charge in [0.1, 0.15) is 5.60 Å². The summed E-state index contributed by atoms with van der Waals surface area (Å²) < 4.78 is 22.4. The number of urea groups is 1. The lowest BCUT2D eigenvalue weighted by Gasteiger charge is -2.46. The van der Waals surface area contributed by atoms with Gasteiger partial charge < -0.3 is 28.7 Å². The van der Waals surface area contributed by atoms with Crippen molar-refractivity contribution in [2.24, 2.45) is 28.7 Å². The highest BCUT2D eigenvalue weighted by atomic mass is 16.6. The minimum atomic E-state index is -1.14. The van der Waals surface area contributed by atoms with Gasteiger partial charge in [0.25, 0.3) is 0 Å². The largest absolute Gasteiger partial charge is 0.464 e. The number of aliphatic imine (C=N–C) groups is 1. The topological polar surface area (TPSA) is 185 Å². The molecule has 16 nitrogen and oxygen atoms in total. The molecule has 61 heavy (non-hydrogen) atoms. The van der Waals surface area contributed by atoms with Crippen LogP contribution in [0.4, 0.5) is 19.2 Å². The highest BCUT2D eigenvalue weighted by Gasteiger charge is 2.56. The summed E-state index contributed by atoms with van der Waals surface area (Å²) in [6.07, 6.45) is 14.5. The number of guanidine groups is 1. The van der Waals surface area contributed by atoms with Gasteiger partial charge in [0.05, 0.1) is 25.7 Å². The fourth-order valence-electron chi connectivity index (χ4n) is 8.73. The van der Waals surface area contributed by atoms with Crippen LogP contribution in [0.1, 0.15) is 158 Å². The summed E-state index contributed by atoms with van der Waals surface area (Å²) in [5.41, 5.74) is -0.706. The van der Waals surface area contributed by atoms with E-state index in [1.807, 2.05) is 27.7 Å². The average molecular weight is 861 g/mol. The van der Waals surface area contributed by atoms with Crippen LogP contribution in [-0.2, 0) is 28.5 Å². The molecule has 0 radical (unpaired) electrons. The number of amides is 6. The maximum absolute atomic E-state index is 14.2. The quantitative estimate of drug-likeness (QED) is 0.0383. The zero-order chi connectivity index (χ0) is 44.5. The van der Waals surface area contributed by atoms with Gasteiger partial charge in [0.2, 0.25) is 11.9 Å².